The summed E-state index contributed by atoms with van der Waals surface area (Å²) in [4.78, 5) is 15.7. The van der Waals surface area contributed by atoms with E-state index in [1.54, 1.807) is 25.1 Å². The summed E-state index contributed by atoms with van der Waals surface area (Å²) in [7, 11) is -2.06. The van der Waals surface area contributed by atoms with Crippen LogP contribution in [-0.4, -0.2) is 37.9 Å². The number of hydrogen-bond acceptors (Lipinski definition) is 3. The normalized spacial score (nSPS) is 24.2. The van der Waals surface area contributed by atoms with Gasteiger partial charge in [0.25, 0.3) is 5.91 Å². The Morgan fingerprint density at radius 3 is 2.42 bits per heavy atom. The summed E-state index contributed by atoms with van der Waals surface area (Å²) in [5.41, 5.74) is 1.48. The standard InChI is InChI=1S/C28H36Cl2FNO3Si/c1-17-27(33)32(24(18-10-11-18)16-34-36(5,6)28(2,3)4)25(19-12-13-22(30)23(31)15-19)26(35-17)20-8-7-9-21(29)14-20/h7-9,12-15,17-18,24-26H,10-11,16H2,1-6H3/t17-,24?,25?,26+/m0/s1. The van der Waals surface area contributed by atoms with Gasteiger partial charge in [0.05, 0.1) is 23.7 Å². The minimum Gasteiger partial charge on any atom is -0.415 e. The van der Waals surface area contributed by atoms with Crippen molar-refractivity contribution >= 4 is 37.4 Å². The third-order valence-corrected chi connectivity index (χ3v) is 13.0. The maximum absolute atomic E-state index is 14.7. The number of rotatable bonds is 7. The van der Waals surface area contributed by atoms with E-state index in [0.717, 1.165) is 18.4 Å². The Kier molecular flexibility index (Phi) is 7.95. The van der Waals surface area contributed by atoms with Crippen LogP contribution in [0.25, 0.3) is 0 Å². The molecule has 1 amide bonds. The van der Waals surface area contributed by atoms with Crippen LogP contribution in [0, 0.1) is 11.7 Å². The van der Waals surface area contributed by atoms with Crippen LogP contribution >= 0.6 is 23.2 Å². The molecular weight excluding hydrogens is 516 g/mol. The molecule has 2 aliphatic rings. The molecule has 0 bridgehead atoms. The number of carbonyl (C=O) groups excluding carboxylic acids is 1. The van der Waals surface area contributed by atoms with Gasteiger partial charge in [-0.25, -0.2) is 4.39 Å². The molecule has 4 nitrogen and oxygen atoms in total. The van der Waals surface area contributed by atoms with E-state index in [9.17, 15) is 9.18 Å². The van der Waals surface area contributed by atoms with E-state index in [1.807, 2.05) is 23.1 Å². The van der Waals surface area contributed by atoms with Gasteiger partial charge < -0.3 is 14.1 Å². The molecule has 0 radical (unpaired) electrons. The predicted molar refractivity (Wildman–Crippen MR) is 145 cm³/mol. The number of morpholine rings is 1. The van der Waals surface area contributed by atoms with Gasteiger partial charge >= 0.3 is 0 Å². The van der Waals surface area contributed by atoms with Crippen LogP contribution in [0.15, 0.2) is 42.5 Å². The lowest BCUT2D eigenvalue weighted by atomic mass is 9.89. The monoisotopic (exact) mass is 551 g/mol. The van der Waals surface area contributed by atoms with E-state index in [-0.39, 0.29) is 22.0 Å². The third-order valence-electron chi connectivity index (χ3n) is 7.95. The lowest BCUT2D eigenvalue weighted by Gasteiger charge is -2.48. The first-order chi connectivity index (χ1) is 16.8. The Bertz CT molecular complexity index is 1120. The molecule has 196 valence electrons. The molecule has 1 saturated carbocycles. The minimum atomic E-state index is -2.06. The van der Waals surface area contributed by atoms with Crippen molar-refractivity contribution in [3.05, 3.63) is 69.5 Å². The number of hydrogen-bond donors (Lipinski definition) is 0. The molecule has 1 heterocycles. The fraction of sp³-hybridized carbons (Fsp3) is 0.536. The second kappa shape index (κ2) is 10.4. The Morgan fingerprint density at radius 2 is 1.83 bits per heavy atom. The zero-order valence-electron chi connectivity index (χ0n) is 21.9. The quantitative estimate of drug-likeness (QED) is 0.327. The van der Waals surface area contributed by atoms with Crippen LogP contribution in [0.3, 0.4) is 0 Å². The first-order valence-electron chi connectivity index (χ1n) is 12.6. The van der Waals surface area contributed by atoms with E-state index in [4.69, 9.17) is 32.4 Å². The first kappa shape index (κ1) is 27.6. The fourth-order valence-electron chi connectivity index (χ4n) is 4.63. The highest BCUT2D eigenvalue weighted by Gasteiger charge is 2.50. The molecule has 0 aromatic heterocycles. The fourth-order valence-corrected chi connectivity index (χ4v) is 5.96. The molecule has 1 aliphatic carbocycles. The van der Waals surface area contributed by atoms with Gasteiger partial charge in [0.2, 0.25) is 0 Å². The summed E-state index contributed by atoms with van der Waals surface area (Å²) in [6.45, 7) is 13.3. The first-order valence-corrected chi connectivity index (χ1v) is 16.3. The molecular formula is C28H36Cl2FNO3Si. The van der Waals surface area contributed by atoms with Gasteiger partial charge in [0.15, 0.2) is 8.32 Å². The zero-order chi connectivity index (χ0) is 26.4. The van der Waals surface area contributed by atoms with Crippen LogP contribution in [0.1, 0.15) is 63.8 Å². The number of carbonyl (C=O) groups is 1. The average Bonchev–Trinajstić information content (AvgIpc) is 3.63. The maximum atomic E-state index is 14.7. The summed E-state index contributed by atoms with van der Waals surface area (Å²) >= 11 is 12.4. The van der Waals surface area contributed by atoms with Crippen LogP contribution < -0.4 is 0 Å². The Labute approximate surface area is 225 Å². The van der Waals surface area contributed by atoms with E-state index in [2.05, 4.69) is 33.9 Å². The second-order valence-corrected chi connectivity index (χ2v) is 17.2. The van der Waals surface area contributed by atoms with Crippen molar-refractivity contribution in [1.82, 2.24) is 4.90 Å². The molecule has 2 aromatic rings. The van der Waals surface area contributed by atoms with Crippen molar-refractivity contribution in [1.29, 1.82) is 0 Å². The molecule has 0 N–H and O–H groups in total. The van der Waals surface area contributed by atoms with E-state index in [0.29, 0.717) is 23.1 Å². The largest absolute Gasteiger partial charge is 0.415 e. The smallest absolute Gasteiger partial charge is 0.252 e. The van der Waals surface area contributed by atoms with Crippen LogP contribution in [0.5, 0.6) is 0 Å². The summed E-state index contributed by atoms with van der Waals surface area (Å²) in [6.07, 6.45) is 0.893. The number of benzene rings is 2. The SMILES string of the molecule is C[C@@H]1O[C@H](c2cccc(Cl)c2)C(c2ccc(Cl)c(F)c2)N(C(CO[Si](C)(C)C(C)(C)C)C2CC2)C1=O. The van der Waals surface area contributed by atoms with Gasteiger partial charge in [0.1, 0.15) is 18.0 Å². The van der Waals surface area contributed by atoms with Crippen molar-refractivity contribution in [2.45, 2.75) is 83.0 Å². The number of amides is 1. The highest BCUT2D eigenvalue weighted by Crippen LogP contribution is 2.48. The van der Waals surface area contributed by atoms with Crippen LogP contribution in [-0.2, 0) is 14.0 Å². The van der Waals surface area contributed by atoms with Gasteiger partial charge in [-0.1, -0.05) is 62.2 Å². The van der Waals surface area contributed by atoms with Gasteiger partial charge in [-0.15, -0.1) is 0 Å². The van der Waals surface area contributed by atoms with Gasteiger partial charge in [-0.2, -0.15) is 0 Å². The molecule has 2 aromatic carbocycles. The zero-order valence-corrected chi connectivity index (χ0v) is 24.4. The molecule has 4 atom stereocenters. The maximum Gasteiger partial charge on any atom is 0.252 e. The van der Waals surface area contributed by atoms with Crippen molar-refractivity contribution in [3.63, 3.8) is 0 Å². The Morgan fingerprint density at radius 1 is 1.14 bits per heavy atom. The van der Waals surface area contributed by atoms with Gasteiger partial charge in [0, 0.05) is 5.02 Å². The van der Waals surface area contributed by atoms with E-state index >= 15 is 0 Å². The lowest BCUT2D eigenvalue weighted by Crippen LogP contribution is -2.57. The number of halogens is 3. The molecule has 36 heavy (non-hydrogen) atoms. The molecule has 1 aliphatic heterocycles. The highest BCUT2D eigenvalue weighted by molar-refractivity contribution is 6.74. The molecule has 2 fully saturated rings. The molecule has 8 heteroatoms. The summed E-state index contributed by atoms with van der Waals surface area (Å²) < 4.78 is 27.7. The lowest BCUT2D eigenvalue weighted by molar-refractivity contribution is -0.179. The van der Waals surface area contributed by atoms with Crippen molar-refractivity contribution in [3.8, 4) is 0 Å². The summed E-state index contributed by atoms with van der Waals surface area (Å²) in [5, 5.41) is 0.667. The second-order valence-electron chi connectivity index (χ2n) is 11.6. The number of ether oxygens (including phenoxy) is 1. The minimum absolute atomic E-state index is 0.0426. The van der Waals surface area contributed by atoms with E-state index < -0.39 is 32.4 Å². The average molecular weight is 553 g/mol. The van der Waals surface area contributed by atoms with Gasteiger partial charge in [-0.05, 0) is 79.2 Å². The summed E-state index contributed by atoms with van der Waals surface area (Å²) in [6, 6.07) is 11.5. The highest BCUT2D eigenvalue weighted by atomic mass is 35.5. The van der Waals surface area contributed by atoms with Crippen molar-refractivity contribution in [2.24, 2.45) is 5.92 Å². The molecule has 0 spiro atoms. The molecule has 1 saturated heterocycles. The van der Waals surface area contributed by atoms with Crippen LogP contribution in [0.4, 0.5) is 4.39 Å². The van der Waals surface area contributed by atoms with Crippen LogP contribution in [0.2, 0.25) is 28.2 Å². The summed E-state index contributed by atoms with van der Waals surface area (Å²) in [5.74, 6) is -0.293. The predicted octanol–water partition coefficient (Wildman–Crippen LogP) is 7.96. The van der Waals surface area contributed by atoms with Crippen molar-refractivity contribution < 1.29 is 18.3 Å². The van der Waals surface area contributed by atoms with Crippen molar-refractivity contribution in [2.75, 3.05) is 6.61 Å². The van der Waals surface area contributed by atoms with Gasteiger partial charge in [-0.3, -0.25) is 4.79 Å². The Hall–Kier alpha value is -1.44. The number of nitrogens with zero attached hydrogens (tertiary/aromatic N) is 1. The molecule has 4 rings (SSSR count). The third kappa shape index (κ3) is 5.68. The topological polar surface area (TPSA) is 38.8 Å². The Balaban J connectivity index is 1.80. The van der Waals surface area contributed by atoms with E-state index in [1.165, 1.54) is 6.07 Å². The molecule has 2 unspecified atom stereocenters.